The van der Waals surface area contributed by atoms with Crippen molar-refractivity contribution in [2.24, 2.45) is 0 Å². The third kappa shape index (κ3) is 4.27. The number of carbonyl (C=O) groups is 3. The van der Waals surface area contributed by atoms with Crippen LogP contribution in [0.3, 0.4) is 0 Å². The van der Waals surface area contributed by atoms with Crippen LogP contribution in [-0.4, -0.2) is 27.6 Å². The summed E-state index contributed by atoms with van der Waals surface area (Å²) in [5.41, 5.74) is 2.99. The molecule has 1 unspecified atom stereocenters. The molecule has 6 nitrogen and oxygen atoms in total. The number of amides is 3. The Morgan fingerprint density at radius 1 is 0.900 bits per heavy atom. The average Bonchev–Trinajstić information content (AvgIpc) is 3.11. The molecule has 0 aliphatic carbocycles. The van der Waals surface area contributed by atoms with E-state index in [1.54, 1.807) is 30.5 Å². The van der Waals surface area contributed by atoms with E-state index in [0.717, 1.165) is 16.8 Å². The Morgan fingerprint density at radius 3 is 2.20 bits per heavy atom. The molecule has 1 atom stereocenters. The molecular formula is C24H21N3O3. The van der Waals surface area contributed by atoms with Crippen molar-refractivity contribution in [1.82, 2.24) is 15.2 Å². The maximum Gasteiger partial charge on any atom is 0.252 e. The monoisotopic (exact) mass is 399 g/mol. The summed E-state index contributed by atoms with van der Waals surface area (Å²) < 4.78 is 0. The predicted molar refractivity (Wildman–Crippen MR) is 111 cm³/mol. The fourth-order valence-electron chi connectivity index (χ4n) is 3.48. The lowest BCUT2D eigenvalue weighted by molar-refractivity contribution is -0.139. The number of benzene rings is 2. The maximum atomic E-state index is 12.9. The molecule has 1 N–H and O–H groups in total. The van der Waals surface area contributed by atoms with Gasteiger partial charge < -0.3 is 5.32 Å². The first-order chi connectivity index (χ1) is 14.6. The molecule has 2 aromatic carbocycles. The number of hydrogen-bond acceptors (Lipinski definition) is 4. The Labute approximate surface area is 174 Å². The third-order valence-electron chi connectivity index (χ3n) is 5.10. The summed E-state index contributed by atoms with van der Waals surface area (Å²) in [4.78, 5) is 42.2. The van der Waals surface area contributed by atoms with E-state index in [0.29, 0.717) is 5.56 Å². The zero-order valence-corrected chi connectivity index (χ0v) is 16.3. The second-order valence-corrected chi connectivity index (χ2v) is 7.14. The van der Waals surface area contributed by atoms with Crippen molar-refractivity contribution in [3.05, 3.63) is 101 Å². The molecule has 3 aromatic rings. The molecule has 0 bridgehead atoms. The minimum absolute atomic E-state index is 0.150. The van der Waals surface area contributed by atoms with Crippen LogP contribution in [0.4, 0.5) is 0 Å². The number of carbonyl (C=O) groups excluding carboxylic acids is 3. The van der Waals surface area contributed by atoms with Gasteiger partial charge in [0.15, 0.2) is 0 Å². The molecule has 3 amide bonds. The number of rotatable bonds is 6. The zero-order valence-electron chi connectivity index (χ0n) is 16.3. The van der Waals surface area contributed by atoms with Crippen molar-refractivity contribution < 1.29 is 14.4 Å². The van der Waals surface area contributed by atoms with Crippen LogP contribution in [0.1, 0.15) is 46.1 Å². The fraction of sp³-hybridized carbons (Fsp3) is 0.167. The highest BCUT2D eigenvalue weighted by Gasteiger charge is 2.28. The number of nitrogens with zero attached hydrogens (tertiary/aromatic N) is 2. The summed E-state index contributed by atoms with van der Waals surface area (Å²) >= 11 is 0. The van der Waals surface area contributed by atoms with E-state index in [4.69, 9.17) is 0 Å². The molecule has 30 heavy (non-hydrogen) atoms. The second-order valence-electron chi connectivity index (χ2n) is 7.14. The molecule has 150 valence electrons. The number of aromatic nitrogens is 1. The Kier molecular flexibility index (Phi) is 5.66. The van der Waals surface area contributed by atoms with Gasteiger partial charge in [0, 0.05) is 24.6 Å². The van der Waals surface area contributed by atoms with Crippen LogP contribution in [0.15, 0.2) is 79.0 Å². The molecule has 0 spiro atoms. The topological polar surface area (TPSA) is 79.4 Å². The predicted octanol–water partition coefficient (Wildman–Crippen LogP) is 3.25. The van der Waals surface area contributed by atoms with Gasteiger partial charge >= 0.3 is 0 Å². The molecule has 1 aromatic heterocycles. The van der Waals surface area contributed by atoms with Gasteiger partial charge in [-0.2, -0.15) is 0 Å². The third-order valence-corrected chi connectivity index (χ3v) is 5.10. The number of imide groups is 1. The van der Waals surface area contributed by atoms with Crippen molar-refractivity contribution in [2.75, 3.05) is 0 Å². The molecule has 4 rings (SSSR count). The fourth-order valence-corrected chi connectivity index (χ4v) is 3.48. The molecular weight excluding hydrogens is 378 g/mol. The SMILES string of the molecule is O=C(NC(c1ccccc1)c1ccccn1)c1ccc(CN2C(=O)CCC2=O)cc1. The van der Waals surface area contributed by atoms with Crippen LogP contribution in [0.25, 0.3) is 0 Å². The Balaban J connectivity index is 1.50. The number of likely N-dealkylation sites (tertiary alicyclic amines) is 1. The van der Waals surface area contributed by atoms with E-state index in [2.05, 4.69) is 10.3 Å². The van der Waals surface area contributed by atoms with Gasteiger partial charge in [-0.3, -0.25) is 24.3 Å². The van der Waals surface area contributed by atoms with Gasteiger partial charge in [-0.15, -0.1) is 0 Å². The molecule has 1 fully saturated rings. The highest BCUT2D eigenvalue weighted by Crippen LogP contribution is 2.21. The molecule has 6 heteroatoms. The van der Waals surface area contributed by atoms with Gasteiger partial charge in [-0.25, -0.2) is 0 Å². The Hall–Kier alpha value is -3.80. The quantitative estimate of drug-likeness (QED) is 0.646. The van der Waals surface area contributed by atoms with E-state index in [-0.39, 0.29) is 43.1 Å². The summed E-state index contributed by atoms with van der Waals surface area (Å²) in [5.74, 6) is -0.528. The van der Waals surface area contributed by atoms with Crippen LogP contribution in [0, 0.1) is 0 Å². The van der Waals surface area contributed by atoms with Crippen molar-refractivity contribution in [1.29, 1.82) is 0 Å². The Morgan fingerprint density at radius 2 is 1.57 bits per heavy atom. The molecule has 0 radical (unpaired) electrons. The van der Waals surface area contributed by atoms with Crippen molar-refractivity contribution in [3.8, 4) is 0 Å². The van der Waals surface area contributed by atoms with E-state index in [1.165, 1.54) is 4.90 Å². The van der Waals surface area contributed by atoms with Crippen molar-refractivity contribution >= 4 is 17.7 Å². The van der Waals surface area contributed by atoms with E-state index >= 15 is 0 Å². The van der Waals surface area contributed by atoms with Crippen LogP contribution in [0.5, 0.6) is 0 Å². The van der Waals surface area contributed by atoms with Crippen LogP contribution < -0.4 is 5.32 Å². The molecule has 1 saturated heterocycles. The van der Waals surface area contributed by atoms with Gasteiger partial charge in [0.1, 0.15) is 0 Å². The normalized spacial score (nSPS) is 14.6. The lowest BCUT2D eigenvalue weighted by atomic mass is 10.0. The van der Waals surface area contributed by atoms with Crippen LogP contribution >= 0.6 is 0 Å². The van der Waals surface area contributed by atoms with E-state index < -0.39 is 0 Å². The lowest BCUT2D eigenvalue weighted by Crippen LogP contribution is -2.30. The second kappa shape index (κ2) is 8.69. The summed E-state index contributed by atoms with van der Waals surface area (Å²) in [6.45, 7) is 0.236. The first-order valence-corrected chi connectivity index (χ1v) is 9.81. The summed E-state index contributed by atoms with van der Waals surface area (Å²) in [6.07, 6.45) is 2.24. The van der Waals surface area contributed by atoms with Gasteiger partial charge in [-0.1, -0.05) is 48.5 Å². The highest BCUT2D eigenvalue weighted by molar-refractivity contribution is 6.01. The van der Waals surface area contributed by atoms with Gasteiger partial charge in [0.2, 0.25) is 11.8 Å². The summed E-state index contributed by atoms with van der Waals surface area (Å²) in [5, 5.41) is 3.05. The van der Waals surface area contributed by atoms with E-state index in [1.807, 2.05) is 48.5 Å². The molecule has 1 aliphatic heterocycles. The van der Waals surface area contributed by atoms with Gasteiger partial charge in [-0.05, 0) is 35.4 Å². The Bertz CT molecular complexity index is 995. The molecule has 2 heterocycles. The summed E-state index contributed by atoms with van der Waals surface area (Å²) in [7, 11) is 0. The number of pyridine rings is 1. The van der Waals surface area contributed by atoms with Crippen molar-refractivity contribution in [2.45, 2.75) is 25.4 Å². The lowest BCUT2D eigenvalue weighted by Gasteiger charge is -2.19. The standard InChI is InChI=1S/C24H21N3O3/c28-21-13-14-22(29)27(21)16-17-9-11-19(12-10-17)24(30)26-23(18-6-2-1-3-7-18)20-8-4-5-15-25-20/h1-12,15,23H,13-14,16H2,(H,26,30). The molecule has 1 aliphatic rings. The first-order valence-electron chi connectivity index (χ1n) is 9.81. The van der Waals surface area contributed by atoms with Crippen molar-refractivity contribution in [3.63, 3.8) is 0 Å². The largest absolute Gasteiger partial charge is 0.340 e. The van der Waals surface area contributed by atoms with Crippen LogP contribution in [-0.2, 0) is 16.1 Å². The minimum atomic E-state index is -0.376. The summed E-state index contributed by atoms with van der Waals surface area (Å²) in [6, 6.07) is 21.9. The molecule has 0 saturated carbocycles. The van der Waals surface area contributed by atoms with E-state index in [9.17, 15) is 14.4 Å². The highest BCUT2D eigenvalue weighted by atomic mass is 16.2. The average molecular weight is 399 g/mol. The van der Waals surface area contributed by atoms with Gasteiger partial charge in [0.05, 0.1) is 18.3 Å². The minimum Gasteiger partial charge on any atom is -0.340 e. The first kappa shape index (κ1) is 19.5. The maximum absolute atomic E-state index is 12.9. The zero-order chi connectivity index (χ0) is 20.9. The number of hydrogen-bond donors (Lipinski definition) is 1. The van der Waals surface area contributed by atoms with Gasteiger partial charge in [0.25, 0.3) is 5.91 Å². The van der Waals surface area contributed by atoms with Crippen LogP contribution in [0.2, 0.25) is 0 Å². The smallest absolute Gasteiger partial charge is 0.252 e. The number of nitrogens with one attached hydrogen (secondary N) is 1.